The normalized spacial score (nSPS) is 12.5. The summed E-state index contributed by atoms with van der Waals surface area (Å²) in [5.74, 6) is 0. The number of nitrogens with zero attached hydrogens (tertiary/aromatic N) is 1. The van der Waals surface area contributed by atoms with Crippen LogP contribution in [0.15, 0.2) is 97.1 Å². The van der Waals surface area contributed by atoms with Crippen LogP contribution in [-0.4, -0.2) is 7.25 Å². The number of aromatic nitrogens is 1. The van der Waals surface area contributed by atoms with Gasteiger partial charge in [-0.05, 0) is 60.7 Å². The lowest BCUT2D eigenvalue weighted by Gasteiger charge is -2.21. The van der Waals surface area contributed by atoms with Crippen LogP contribution in [-0.2, 0) is 12.8 Å². The number of aryl methyl sites for hydroxylation is 1. The first-order chi connectivity index (χ1) is 16.4. The number of benzene rings is 3. The summed E-state index contributed by atoms with van der Waals surface area (Å²) in [7, 11) is -6.00. The summed E-state index contributed by atoms with van der Waals surface area (Å²) >= 11 is 0. The van der Waals surface area contributed by atoms with Crippen molar-refractivity contribution in [3.63, 3.8) is 0 Å². The number of pyridine rings is 1. The predicted molar refractivity (Wildman–Crippen MR) is 132 cm³/mol. The Morgan fingerprint density at radius 3 is 1.88 bits per heavy atom. The molecule has 0 radical (unpaired) electrons. The Morgan fingerprint density at radius 1 is 0.706 bits per heavy atom. The molecule has 0 N–H and O–H groups in total. The average Bonchev–Trinajstić information content (AvgIpc) is 2.84. The Balaban J connectivity index is 0.000000499. The largest absolute Gasteiger partial charge is 0.673 e. The van der Waals surface area contributed by atoms with Crippen molar-refractivity contribution < 1.29 is 21.8 Å². The molecule has 1 aliphatic carbocycles. The van der Waals surface area contributed by atoms with Gasteiger partial charge >= 0.3 is 7.25 Å². The van der Waals surface area contributed by atoms with Crippen LogP contribution >= 0.6 is 0 Å². The molecule has 0 atom stereocenters. The first kappa shape index (κ1) is 23.5. The van der Waals surface area contributed by atoms with Gasteiger partial charge in [0.2, 0.25) is 11.4 Å². The van der Waals surface area contributed by atoms with Crippen molar-refractivity contribution in [2.24, 2.45) is 0 Å². The molecule has 1 aromatic heterocycles. The molecule has 4 aromatic rings. The van der Waals surface area contributed by atoms with Gasteiger partial charge < -0.3 is 17.3 Å². The highest BCUT2D eigenvalue weighted by molar-refractivity contribution is 6.50. The Bertz CT molecular complexity index is 1290. The second kappa shape index (κ2) is 10.1. The Kier molecular flexibility index (Phi) is 6.97. The first-order valence-corrected chi connectivity index (χ1v) is 11.2. The summed E-state index contributed by atoms with van der Waals surface area (Å²) < 4.78 is 41.4. The van der Waals surface area contributed by atoms with Crippen LogP contribution in [0.3, 0.4) is 0 Å². The fourth-order valence-corrected chi connectivity index (χ4v) is 4.47. The highest BCUT2D eigenvalue weighted by Gasteiger charge is 2.31. The summed E-state index contributed by atoms with van der Waals surface area (Å²) in [4.78, 5) is 0. The lowest BCUT2D eigenvalue weighted by molar-refractivity contribution is -0.544. The lowest BCUT2D eigenvalue weighted by Crippen LogP contribution is -2.35. The predicted octanol–water partition coefficient (Wildman–Crippen LogP) is 7.86. The van der Waals surface area contributed by atoms with Gasteiger partial charge in [0.15, 0.2) is 6.20 Å². The van der Waals surface area contributed by atoms with Gasteiger partial charge in [0.25, 0.3) is 0 Å². The molecule has 0 amide bonds. The molecular weight excluding hydrogens is 437 g/mol. The van der Waals surface area contributed by atoms with E-state index in [-0.39, 0.29) is 0 Å². The number of hydrogen-bond acceptors (Lipinski definition) is 0. The van der Waals surface area contributed by atoms with Crippen molar-refractivity contribution >= 4 is 13.5 Å². The van der Waals surface area contributed by atoms with Crippen LogP contribution in [0.5, 0.6) is 0 Å². The maximum atomic E-state index is 9.75. The molecule has 0 fully saturated rings. The van der Waals surface area contributed by atoms with E-state index < -0.39 is 7.25 Å². The van der Waals surface area contributed by atoms with E-state index in [0.29, 0.717) is 0 Å². The van der Waals surface area contributed by atoms with E-state index >= 15 is 0 Å². The Hall–Kier alpha value is -3.67. The molecular formula is C28H24BF4N. The molecule has 34 heavy (non-hydrogen) atoms. The van der Waals surface area contributed by atoms with E-state index in [1.54, 1.807) is 0 Å². The van der Waals surface area contributed by atoms with Crippen molar-refractivity contribution in [1.29, 1.82) is 0 Å². The van der Waals surface area contributed by atoms with Crippen LogP contribution < -0.4 is 4.57 Å². The molecule has 5 rings (SSSR count). The van der Waals surface area contributed by atoms with Crippen LogP contribution in [0, 0.1) is 0 Å². The van der Waals surface area contributed by atoms with Crippen LogP contribution in [0.4, 0.5) is 17.3 Å². The summed E-state index contributed by atoms with van der Waals surface area (Å²) in [6.07, 6.45) is 6.48. The minimum atomic E-state index is -6.00. The summed E-state index contributed by atoms with van der Waals surface area (Å²) in [5.41, 5.74) is 10.6. The third-order valence-electron chi connectivity index (χ3n) is 5.76. The molecule has 0 unspecified atom stereocenters. The third-order valence-corrected chi connectivity index (χ3v) is 5.76. The van der Waals surface area contributed by atoms with Gasteiger partial charge in [-0.25, -0.2) is 0 Å². The second-order valence-corrected chi connectivity index (χ2v) is 8.01. The van der Waals surface area contributed by atoms with Gasteiger partial charge in [0.05, 0.1) is 5.56 Å². The number of fused-ring (bicyclic) bond motifs is 3. The van der Waals surface area contributed by atoms with Gasteiger partial charge in [-0.1, -0.05) is 66.7 Å². The van der Waals surface area contributed by atoms with E-state index in [9.17, 15) is 17.3 Å². The van der Waals surface area contributed by atoms with E-state index in [2.05, 4.69) is 115 Å². The smallest absolute Gasteiger partial charge is 0.418 e. The molecule has 0 saturated carbocycles. The highest BCUT2D eigenvalue weighted by Crippen LogP contribution is 2.39. The first-order valence-electron chi connectivity index (χ1n) is 11.2. The number of allylic oxidation sites excluding steroid dienone is 1. The number of hydrogen-bond donors (Lipinski definition) is 0. The van der Waals surface area contributed by atoms with Crippen molar-refractivity contribution in [2.45, 2.75) is 19.8 Å². The fraction of sp³-hybridized carbons (Fsp3) is 0.107. The zero-order valence-corrected chi connectivity index (χ0v) is 18.8. The SMILES string of the molecule is C/C=C/[n+]1c(-c2ccccc2)cc(-c2ccccc2)c2c1-c1ccccc1CC2.F[B-](F)(F)F. The molecule has 172 valence electrons. The Morgan fingerprint density at radius 2 is 1.26 bits per heavy atom. The zero-order chi connectivity index (χ0) is 24.1. The molecule has 1 nitrogen and oxygen atoms in total. The molecule has 0 aliphatic heterocycles. The molecule has 3 aromatic carbocycles. The van der Waals surface area contributed by atoms with Gasteiger partial charge in [-0.3, -0.25) is 0 Å². The maximum absolute atomic E-state index is 9.75. The Labute approximate surface area is 197 Å². The van der Waals surface area contributed by atoms with Crippen LogP contribution in [0.1, 0.15) is 18.1 Å². The average molecular weight is 461 g/mol. The van der Waals surface area contributed by atoms with Crippen molar-refractivity contribution in [3.05, 3.63) is 108 Å². The van der Waals surface area contributed by atoms with E-state index in [0.717, 1.165) is 12.8 Å². The summed E-state index contributed by atoms with van der Waals surface area (Å²) in [6, 6.07) is 32.8. The van der Waals surface area contributed by atoms with E-state index in [1.165, 1.54) is 44.8 Å². The quantitative estimate of drug-likeness (QED) is 0.166. The summed E-state index contributed by atoms with van der Waals surface area (Å²) in [6.45, 7) is 2.09. The van der Waals surface area contributed by atoms with E-state index in [1.807, 2.05) is 0 Å². The van der Waals surface area contributed by atoms with Crippen LogP contribution in [0.25, 0.3) is 39.8 Å². The van der Waals surface area contributed by atoms with Crippen molar-refractivity contribution in [1.82, 2.24) is 0 Å². The maximum Gasteiger partial charge on any atom is 0.673 e. The van der Waals surface area contributed by atoms with Gasteiger partial charge in [-0.2, -0.15) is 4.57 Å². The lowest BCUT2D eigenvalue weighted by atomic mass is 9.83. The van der Waals surface area contributed by atoms with Crippen molar-refractivity contribution in [2.75, 3.05) is 0 Å². The molecule has 1 aliphatic rings. The minimum absolute atomic E-state index is 1.06. The third kappa shape index (κ3) is 5.28. The van der Waals surface area contributed by atoms with Crippen molar-refractivity contribution in [3.8, 4) is 33.6 Å². The zero-order valence-electron chi connectivity index (χ0n) is 18.8. The molecule has 0 saturated heterocycles. The second-order valence-electron chi connectivity index (χ2n) is 8.01. The molecule has 1 heterocycles. The van der Waals surface area contributed by atoms with E-state index in [4.69, 9.17) is 0 Å². The topological polar surface area (TPSA) is 3.88 Å². The highest BCUT2D eigenvalue weighted by atomic mass is 19.5. The fourth-order valence-electron chi connectivity index (χ4n) is 4.47. The van der Waals surface area contributed by atoms with Crippen LogP contribution in [0.2, 0.25) is 0 Å². The van der Waals surface area contributed by atoms with Gasteiger partial charge in [-0.15, -0.1) is 0 Å². The molecule has 6 heteroatoms. The summed E-state index contributed by atoms with van der Waals surface area (Å²) in [5, 5.41) is 0. The minimum Gasteiger partial charge on any atom is -0.418 e. The molecule has 0 bridgehead atoms. The number of halogens is 4. The number of rotatable bonds is 3. The standard InChI is InChI=1S/C28H24N.BF4/c1-2-19-29-27(23-14-7-4-8-15-23)20-26(21-11-5-3-6-12-21)25-18-17-22-13-9-10-16-24(22)28(25)29;2-1(3,4)5/h2-16,19-20H,17-18H2,1H3;/q+1;-1/b19-2+;. The molecule has 0 spiro atoms. The van der Waals surface area contributed by atoms with Gasteiger partial charge in [0, 0.05) is 17.2 Å². The van der Waals surface area contributed by atoms with Gasteiger partial charge in [0.1, 0.15) is 0 Å². The monoisotopic (exact) mass is 461 g/mol.